The Morgan fingerprint density at radius 1 is 0.950 bits per heavy atom. The van der Waals surface area contributed by atoms with Crippen molar-refractivity contribution in [2.45, 2.75) is 46.7 Å². The van der Waals surface area contributed by atoms with Crippen molar-refractivity contribution in [2.24, 2.45) is 0 Å². The van der Waals surface area contributed by atoms with Crippen molar-refractivity contribution in [1.82, 2.24) is 4.90 Å². The van der Waals surface area contributed by atoms with Gasteiger partial charge in [0, 0.05) is 18.3 Å². The summed E-state index contributed by atoms with van der Waals surface area (Å²) in [5.74, 6) is -1.41. The van der Waals surface area contributed by atoms with Gasteiger partial charge in [0.1, 0.15) is 5.57 Å². The number of allylic oxidation sites excluding steroid dienone is 2. The van der Waals surface area contributed by atoms with E-state index in [9.17, 15) is 9.59 Å². The van der Waals surface area contributed by atoms with E-state index in [1.807, 2.05) is 13.1 Å². The first-order chi connectivity index (χ1) is 9.24. The Morgan fingerprint density at radius 3 is 1.65 bits per heavy atom. The second-order valence-electron chi connectivity index (χ2n) is 5.05. The molecule has 0 N–H and O–H groups in total. The van der Waals surface area contributed by atoms with E-state index in [2.05, 4.69) is 42.1 Å². The van der Waals surface area contributed by atoms with Gasteiger partial charge in [0.2, 0.25) is 0 Å². The first kappa shape index (κ1) is 18.2. The maximum atomic E-state index is 11.6. The quantitative estimate of drug-likeness (QED) is 0.246. The molecule has 0 aliphatic carbocycles. The second kappa shape index (κ2) is 8.40. The number of hydrogen-bond donors (Lipinski definition) is 0. The molecule has 0 aliphatic heterocycles. The minimum Gasteiger partial charge on any atom is -0.465 e. The van der Waals surface area contributed by atoms with Crippen LogP contribution in [0.5, 0.6) is 0 Å². The molecule has 0 saturated carbocycles. The molecule has 0 rings (SSSR count). The molecule has 0 fully saturated rings. The molecule has 0 saturated heterocycles. The molecule has 0 spiro atoms. The van der Waals surface area contributed by atoms with Crippen molar-refractivity contribution < 1.29 is 19.1 Å². The summed E-state index contributed by atoms with van der Waals surface area (Å²) in [4.78, 5) is 25.3. The van der Waals surface area contributed by atoms with Crippen LogP contribution in [-0.2, 0) is 19.1 Å². The van der Waals surface area contributed by atoms with Crippen LogP contribution in [0.3, 0.4) is 0 Å². The SMILES string of the molecule is COC(=O)C(=CC(C)=CN(C(C)C)C(C)C)C(=O)OC. The normalized spacial score (nSPS) is 11.3. The molecule has 5 nitrogen and oxygen atoms in total. The van der Waals surface area contributed by atoms with Crippen molar-refractivity contribution in [1.29, 1.82) is 0 Å². The molecule has 0 atom stereocenters. The number of rotatable bonds is 6. The summed E-state index contributed by atoms with van der Waals surface area (Å²) in [6.45, 7) is 10.1. The number of nitrogens with zero attached hydrogens (tertiary/aromatic N) is 1. The van der Waals surface area contributed by atoms with E-state index in [0.29, 0.717) is 12.1 Å². The molecule has 5 heteroatoms. The summed E-state index contributed by atoms with van der Waals surface area (Å²) in [7, 11) is 2.46. The van der Waals surface area contributed by atoms with Gasteiger partial charge in [-0.1, -0.05) is 0 Å². The van der Waals surface area contributed by atoms with Crippen molar-refractivity contribution in [3.8, 4) is 0 Å². The summed E-state index contributed by atoms with van der Waals surface area (Å²) in [5, 5.41) is 0. The van der Waals surface area contributed by atoms with Crippen molar-refractivity contribution in [3.05, 3.63) is 23.4 Å². The number of esters is 2. The number of hydrogen-bond acceptors (Lipinski definition) is 5. The molecule has 0 amide bonds. The Labute approximate surface area is 121 Å². The van der Waals surface area contributed by atoms with Crippen LogP contribution >= 0.6 is 0 Å². The highest BCUT2D eigenvalue weighted by Gasteiger charge is 2.19. The van der Waals surface area contributed by atoms with E-state index in [1.165, 1.54) is 20.3 Å². The van der Waals surface area contributed by atoms with Gasteiger partial charge in [0.25, 0.3) is 0 Å². The van der Waals surface area contributed by atoms with Gasteiger partial charge in [-0.15, -0.1) is 0 Å². The van der Waals surface area contributed by atoms with Crippen LogP contribution in [0.1, 0.15) is 34.6 Å². The molecule has 0 aromatic carbocycles. The number of carbonyl (C=O) groups excluding carboxylic acids is 2. The van der Waals surface area contributed by atoms with Crippen molar-refractivity contribution in [3.63, 3.8) is 0 Å². The smallest absolute Gasteiger partial charge is 0.345 e. The van der Waals surface area contributed by atoms with E-state index in [0.717, 1.165) is 5.57 Å². The lowest BCUT2D eigenvalue weighted by atomic mass is 10.1. The molecule has 0 aromatic rings. The van der Waals surface area contributed by atoms with Crippen molar-refractivity contribution >= 4 is 11.9 Å². The lowest BCUT2D eigenvalue weighted by Crippen LogP contribution is -2.32. The van der Waals surface area contributed by atoms with E-state index in [-0.39, 0.29) is 5.57 Å². The molecular formula is C15H25NO4. The molecule has 0 unspecified atom stereocenters. The molecule has 0 heterocycles. The monoisotopic (exact) mass is 283 g/mol. The lowest BCUT2D eigenvalue weighted by molar-refractivity contribution is -0.144. The topological polar surface area (TPSA) is 55.8 Å². The second-order valence-corrected chi connectivity index (χ2v) is 5.05. The van der Waals surface area contributed by atoms with Gasteiger partial charge < -0.3 is 14.4 Å². The zero-order chi connectivity index (χ0) is 15.9. The molecule has 0 bridgehead atoms. The number of carbonyl (C=O) groups is 2. The largest absolute Gasteiger partial charge is 0.465 e. The first-order valence-electron chi connectivity index (χ1n) is 6.58. The van der Waals surface area contributed by atoms with E-state index in [4.69, 9.17) is 0 Å². The predicted octanol–water partition coefficient (Wildman–Crippen LogP) is 2.28. The Kier molecular flexibility index (Phi) is 7.65. The third kappa shape index (κ3) is 5.47. The fraction of sp³-hybridized carbons (Fsp3) is 0.600. The van der Waals surface area contributed by atoms with Gasteiger partial charge in [-0.05, 0) is 46.3 Å². The zero-order valence-corrected chi connectivity index (χ0v) is 13.4. The summed E-state index contributed by atoms with van der Waals surface area (Å²) in [6.07, 6.45) is 3.40. The summed E-state index contributed by atoms with van der Waals surface area (Å²) < 4.78 is 9.17. The van der Waals surface area contributed by atoms with Gasteiger partial charge >= 0.3 is 11.9 Å². The molecular weight excluding hydrogens is 258 g/mol. The third-order valence-electron chi connectivity index (χ3n) is 2.73. The van der Waals surface area contributed by atoms with E-state index < -0.39 is 11.9 Å². The molecule has 20 heavy (non-hydrogen) atoms. The maximum Gasteiger partial charge on any atom is 0.345 e. The van der Waals surface area contributed by atoms with Gasteiger partial charge in [0.15, 0.2) is 0 Å². The standard InChI is InChI=1S/C15H25NO4/c1-10(2)16(11(3)4)9-12(5)8-13(14(17)19-6)15(18)20-7/h8-11H,1-7H3. The number of ether oxygens (including phenoxy) is 2. The molecule has 0 aliphatic rings. The maximum absolute atomic E-state index is 11.6. The summed E-state index contributed by atoms with van der Waals surface area (Å²) in [5.41, 5.74) is 0.661. The van der Waals surface area contributed by atoms with Gasteiger partial charge in [0.05, 0.1) is 14.2 Å². The highest BCUT2D eigenvalue weighted by atomic mass is 16.5. The van der Waals surface area contributed by atoms with Crippen LogP contribution in [-0.4, -0.2) is 43.1 Å². The Bertz CT molecular complexity index is 382. The minimum absolute atomic E-state index is 0.115. The summed E-state index contributed by atoms with van der Waals surface area (Å²) in [6, 6.07) is 0.635. The fourth-order valence-corrected chi connectivity index (χ4v) is 1.82. The fourth-order valence-electron chi connectivity index (χ4n) is 1.82. The Hall–Kier alpha value is -1.78. The van der Waals surface area contributed by atoms with Gasteiger partial charge in [-0.25, -0.2) is 9.59 Å². The average Bonchev–Trinajstić information content (AvgIpc) is 2.39. The predicted molar refractivity (Wildman–Crippen MR) is 78.0 cm³/mol. The number of methoxy groups -OCH3 is 2. The van der Waals surface area contributed by atoms with Crippen LogP contribution in [0.25, 0.3) is 0 Å². The lowest BCUT2D eigenvalue weighted by Gasteiger charge is -2.29. The van der Waals surface area contributed by atoms with Crippen LogP contribution in [0.4, 0.5) is 0 Å². The van der Waals surface area contributed by atoms with Crippen LogP contribution in [0.15, 0.2) is 23.4 Å². The molecule has 0 aromatic heterocycles. The van der Waals surface area contributed by atoms with E-state index >= 15 is 0 Å². The van der Waals surface area contributed by atoms with Crippen LogP contribution in [0.2, 0.25) is 0 Å². The Balaban J connectivity index is 5.41. The highest BCUT2D eigenvalue weighted by molar-refractivity contribution is 6.14. The van der Waals surface area contributed by atoms with E-state index in [1.54, 1.807) is 0 Å². The minimum atomic E-state index is -0.703. The highest BCUT2D eigenvalue weighted by Crippen LogP contribution is 2.12. The van der Waals surface area contributed by atoms with Crippen molar-refractivity contribution in [2.75, 3.05) is 14.2 Å². The zero-order valence-electron chi connectivity index (χ0n) is 13.4. The van der Waals surface area contributed by atoms with Crippen LogP contribution in [0, 0.1) is 0 Å². The molecule has 114 valence electrons. The first-order valence-corrected chi connectivity index (χ1v) is 6.58. The average molecular weight is 283 g/mol. The van der Waals surface area contributed by atoms with Crippen LogP contribution < -0.4 is 0 Å². The van der Waals surface area contributed by atoms with Gasteiger partial charge in [-0.3, -0.25) is 0 Å². The van der Waals surface area contributed by atoms with Gasteiger partial charge in [-0.2, -0.15) is 0 Å². The Morgan fingerprint density at radius 2 is 1.35 bits per heavy atom. The third-order valence-corrected chi connectivity index (χ3v) is 2.73. The summed E-state index contributed by atoms with van der Waals surface area (Å²) >= 11 is 0. The molecule has 0 radical (unpaired) electrons.